The standard InChI is InChI=1S/C13H20N4O/c1-8-4-5-17(7-8)11-6-9(2)15-10(3)12(11)13(14)16-18/h6,8,18H,4-5,7H2,1-3H3,(H2,14,16). The number of amidine groups is 1. The zero-order chi connectivity index (χ0) is 13.3. The number of hydrogen-bond acceptors (Lipinski definition) is 4. The van der Waals surface area contributed by atoms with Crippen LogP contribution in [-0.2, 0) is 0 Å². The van der Waals surface area contributed by atoms with Crippen LogP contribution in [0.1, 0.15) is 30.3 Å². The molecule has 18 heavy (non-hydrogen) atoms. The van der Waals surface area contributed by atoms with Crippen LogP contribution in [0.4, 0.5) is 5.69 Å². The molecule has 1 aliphatic rings. The SMILES string of the molecule is Cc1cc(N2CCC(C)C2)c(/C(N)=N/O)c(C)n1. The van der Waals surface area contributed by atoms with Crippen molar-refractivity contribution in [2.45, 2.75) is 27.2 Å². The molecule has 0 saturated carbocycles. The van der Waals surface area contributed by atoms with Crippen molar-refractivity contribution in [3.63, 3.8) is 0 Å². The zero-order valence-electron chi connectivity index (χ0n) is 11.1. The van der Waals surface area contributed by atoms with Crippen molar-refractivity contribution in [2.75, 3.05) is 18.0 Å². The molecule has 0 bridgehead atoms. The lowest BCUT2D eigenvalue weighted by Crippen LogP contribution is -2.26. The molecule has 0 amide bonds. The molecule has 2 heterocycles. The van der Waals surface area contributed by atoms with Crippen LogP contribution in [0.5, 0.6) is 0 Å². The van der Waals surface area contributed by atoms with Gasteiger partial charge in [0.2, 0.25) is 0 Å². The minimum atomic E-state index is 0.134. The zero-order valence-corrected chi connectivity index (χ0v) is 11.1. The van der Waals surface area contributed by atoms with Crippen molar-refractivity contribution in [1.82, 2.24) is 4.98 Å². The first-order valence-corrected chi connectivity index (χ1v) is 6.24. The Morgan fingerprint density at radius 1 is 1.56 bits per heavy atom. The molecule has 1 saturated heterocycles. The number of anilines is 1. The summed E-state index contributed by atoms with van der Waals surface area (Å²) in [4.78, 5) is 6.69. The van der Waals surface area contributed by atoms with Gasteiger partial charge in [0, 0.05) is 18.8 Å². The van der Waals surface area contributed by atoms with Gasteiger partial charge in [-0.15, -0.1) is 0 Å². The average Bonchev–Trinajstić information content (AvgIpc) is 2.74. The van der Waals surface area contributed by atoms with E-state index >= 15 is 0 Å². The summed E-state index contributed by atoms with van der Waals surface area (Å²) in [5, 5.41) is 12.0. The Morgan fingerprint density at radius 3 is 2.83 bits per heavy atom. The van der Waals surface area contributed by atoms with Gasteiger partial charge in [0.25, 0.3) is 0 Å². The van der Waals surface area contributed by atoms with Crippen molar-refractivity contribution in [3.05, 3.63) is 23.0 Å². The molecule has 2 rings (SSSR count). The predicted molar refractivity (Wildman–Crippen MR) is 72.2 cm³/mol. The van der Waals surface area contributed by atoms with E-state index in [-0.39, 0.29) is 5.84 Å². The molecule has 0 aliphatic carbocycles. The summed E-state index contributed by atoms with van der Waals surface area (Å²) in [6.45, 7) is 8.11. The van der Waals surface area contributed by atoms with E-state index in [2.05, 4.69) is 22.0 Å². The minimum absolute atomic E-state index is 0.134. The van der Waals surface area contributed by atoms with Gasteiger partial charge in [-0.05, 0) is 32.3 Å². The summed E-state index contributed by atoms with van der Waals surface area (Å²) < 4.78 is 0. The number of pyridine rings is 1. The summed E-state index contributed by atoms with van der Waals surface area (Å²) in [6, 6.07) is 2.01. The highest BCUT2D eigenvalue weighted by atomic mass is 16.4. The second-order valence-corrected chi connectivity index (χ2v) is 5.07. The minimum Gasteiger partial charge on any atom is -0.409 e. The molecular formula is C13H20N4O. The molecule has 0 spiro atoms. The maximum absolute atomic E-state index is 8.92. The highest BCUT2D eigenvalue weighted by molar-refractivity contribution is 6.03. The largest absolute Gasteiger partial charge is 0.409 e. The van der Waals surface area contributed by atoms with Gasteiger partial charge in [0.1, 0.15) is 0 Å². The average molecular weight is 248 g/mol. The quantitative estimate of drug-likeness (QED) is 0.361. The van der Waals surface area contributed by atoms with E-state index in [0.29, 0.717) is 5.92 Å². The topological polar surface area (TPSA) is 74.7 Å². The van der Waals surface area contributed by atoms with Gasteiger partial charge in [-0.3, -0.25) is 4.98 Å². The van der Waals surface area contributed by atoms with Crippen LogP contribution in [0.25, 0.3) is 0 Å². The summed E-state index contributed by atoms with van der Waals surface area (Å²) in [5.74, 6) is 0.813. The van der Waals surface area contributed by atoms with Crippen LogP contribution in [0.15, 0.2) is 11.2 Å². The molecule has 1 atom stereocenters. The fourth-order valence-corrected chi connectivity index (χ4v) is 2.58. The molecule has 1 aromatic rings. The Bertz CT molecular complexity index is 484. The first kappa shape index (κ1) is 12.7. The summed E-state index contributed by atoms with van der Waals surface area (Å²) >= 11 is 0. The fourth-order valence-electron chi connectivity index (χ4n) is 2.58. The number of aromatic nitrogens is 1. The highest BCUT2D eigenvalue weighted by Gasteiger charge is 2.24. The van der Waals surface area contributed by atoms with Crippen LogP contribution < -0.4 is 10.6 Å². The van der Waals surface area contributed by atoms with Crippen LogP contribution in [0, 0.1) is 19.8 Å². The second kappa shape index (κ2) is 4.84. The van der Waals surface area contributed by atoms with Crippen molar-refractivity contribution in [3.8, 4) is 0 Å². The second-order valence-electron chi connectivity index (χ2n) is 5.07. The van der Waals surface area contributed by atoms with Gasteiger partial charge in [-0.2, -0.15) is 0 Å². The number of nitrogens with zero attached hydrogens (tertiary/aromatic N) is 3. The molecule has 98 valence electrons. The van der Waals surface area contributed by atoms with Gasteiger partial charge < -0.3 is 15.8 Å². The van der Waals surface area contributed by atoms with E-state index in [1.807, 2.05) is 19.9 Å². The molecule has 3 N–H and O–H groups in total. The van der Waals surface area contributed by atoms with Crippen LogP contribution >= 0.6 is 0 Å². The van der Waals surface area contributed by atoms with Crippen LogP contribution in [0.2, 0.25) is 0 Å². The van der Waals surface area contributed by atoms with Crippen molar-refractivity contribution in [2.24, 2.45) is 16.8 Å². The molecular weight excluding hydrogens is 228 g/mol. The van der Waals surface area contributed by atoms with Gasteiger partial charge in [0.15, 0.2) is 5.84 Å². The lowest BCUT2D eigenvalue weighted by Gasteiger charge is -2.23. The maximum atomic E-state index is 8.92. The molecule has 1 aromatic heterocycles. The maximum Gasteiger partial charge on any atom is 0.174 e. The van der Waals surface area contributed by atoms with Crippen molar-refractivity contribution < 1.29 is 5.21 Å². The third-order valence-corrected chi connectivity index (χ3v) is 3.44. The Balaban J connectivity index is 2.50. The molecule has 1 unspecified atom stereocenters. The Hall–Kier alpha value is -1.78. The third kappa shape index (κ3) is 2.25. The third-order valence-electron chi connectivity index (χ3n) is 3.44. The number of rotatable bonds is 2. The normalized spacial score (nSPS) is 20.5. The first-order chi connectivity index (χ1) is 8.52. The predicted octanol–water partition coefficient (Wildman–Crippen LogP) is 1.64. The highest BCUT2D eigenvalue weighted by Crippen LogP contribution is 2.28. The van der Waals surface area contributed by atoms with Gasteiger partial charge in [-0.1, -0.05) is 12.1 Å². The number of oxime groups is 1. The number of nitrogens with two attached hydrogens (primary N) is 1. The summed E-state index contributed by atoms with van der Waals surface area (Å²) in [7, 11) is 0. The number of aryl methyl sites for hydroxylation is 2. The Morgan fingerprint density at radius 2 is 2.28 bits per heavy atom. The molecule has 0 aromatic carbocycles. The fraction of sp³-hybridized carbons (Fsp3) is 0.538. The van der Waals surface area contributed by atoms with E-state index < -0.39 is 0 Å². The number of hydrogen-bond donors (Lipinski definition) is 2. The summed E-state index contributed by atoms with van der Waals surface area (Å²) in [6.07, 6.45) is 1.18. The van der Waals surface area contributed by atoms with E-state index in [1.54, 1.807) is 0 Å². The lowest BCUT2D eigenvalue weighted by atomic mass is 10.1. The van der Waals surface area contributed by atoms with E-state index in [9.17, 15) is 0 Å². The van der Waals surface area contributed by atoms with Gasteiger partial charge >= 0.3 is 0 Å². The van der Waals surface area contributed by atoms with Gasteiger partial charge in [0.05, 0.1) is 16.9 Å². The molecule has 0 radical (unpaired) electrons. The monoisotopic (exact) mass is 248 g/mol. The Labute approximate surface area is 107 Å². The lowest BCUT2D eigenvalue weighted by molar-refractivity contribution is 0.318. The Kier molecular flexibility index (Phi) is 3.41. The van der Waals surface area contributed by atoms with Crippen molar-refractivity contribution >= 4 is 11.5 Å². The van der Waals surface area contributed by atoms with Gasteiger partial charge in [-0.25, -0.2) is 0 Å². The van der Waals surface area contributed by atoms with Crippen LogP contribution in [-0.4, -0.2) is 29.1 Å². The van der Waals surface area contributed by atoms with E-state index in [1.165, 1.54) is 6.42 Å². The summed E-state index contributed by atoms with van der Waals surface area (Å²) in [5.41, 5.74) is 9.32. The van der Waals surface area contributed by atoms with E-state index in [0.717, 1.165) is 35.7 Å². The van der Waals surface area contributed by atoms with Crippen molar-refractivity contribution in [1.29, 1.82) is 0 Å². The van der Waals surface area contributed by atoms with Crippen LogP contribution in [0.3, 0.4) is 0 Å². The molecule has 5 nitrogen and oxygen atoms in total. The first-order valence-electron chi connectivity index (χ1n) is 6.24. The molecule has 5 heteroatoms. The smallest absolute Gasteiger partial charge is 0.174 e. The molecule has 1 aliphatic heterocycles. The molecule has 1 fully saturated rings. The van der Waals surface area contributed by atoms with E-state index in [4.69, 9.17) is 10.9 Å².